The van der Waals surface area contributed by atoms with Gasteiger partial charge in [-0.3, -0.25) is 4.79 Å². The van der Waals surface area contributed by atoms with Crippen molar-refractivity contribution in [3.63, 3.8) is 0 Å². The van der Waals surface area contributed by atoms with Gasteiger partial charge in [-0.1, -0.05) is 12.2 Å². The van der Waals surface area contributed by atoms with Gasteiger partial charge in [0.05, 0.1) is 13.2 Å². The Hall–Kier alpha value is -1.92. The molecule has 6 heteroatoms. The highest BCUT2D eigenvalue weighted by Crippen LogP contribution is 2.05. The highest BCUT2D eigenvalue weighted by molar-refractivity contribution is 5.77. The molecule has 0 aliphatic rings. The molecule has 0 aliphatic carbocycles. The molecule has 0 unspecified atom stereocenters. The zero-order valence-corrected chi connectivity index (χ0v) is 14.3. The van der Waals surface area contributed by atoms with E-state index in [0.29, 0.717) is 19.8 Å². The first-order chi connectivity index (χ1) is 11.2. The fourth-order valence-electron chi connectivity index (χ4n) is 1.95. The molecular formula is C17H28N4O2. The molecule has 0 aliphatic heterocycles. The number of carbonyl (C=O) groups excluding carboxylic acids is 1. The molecule has 0 bridgehead atoms. The molecule has 1 heterocycles. The lowest BCUT2D eigenvalue weighted by Gasteiger charge is -2.16. The summed E-state index contributed by atoms with van der Waals surface area (Å²) in [7, 11) is 5.45. The van der Waals surface area contributed by atoms with Crippen LogP contribution in [0.1, 0.15) is 18.4 Å². The Bertz CT molecular complexity index is 474. The van der Waals surface area contributed by atoms with Crippen LogP contribution < -0.4 is 10.6 Å². The van der Waals surface area contributed by atoms with Gasteiger partial charge in [0.2, 0.25) is 5.91 Å². The summed E-state index contributed by atoms with van der Waals surface area (Å²) in [5, 5.41) is 5.85. The van der Waals surface area contributed by atoms with Gasteiger partial charge >= 0.3 is 0 Å². The minimum Gasteiger partial charge on any atom is -0.377 e. The second-order valence-corrected chi connectivity index (χ2v) is 5.26. The highest BCUT2D eigenvalue weighted by atomic mass is 16.5. The number of pyridine rings is 1. The van der Waals surface area contributed by atoms with Crippen molar-refractivity contribution in [3.05, 3.63) is 30.0 Å². The zero-order valence-electron chi connectivity index (χ0n) is 14.3. The van der Waals surface area contributed by atoms with Crippen molar-refractivity contribution in [2.75, 3.05) is 52.8 Å². The van der Waals surface area contributed by atoms with E-state index in [-0.39, 0.29) is 5.91 Å². The van der Waals surface area contributed by atoms with Gasteiger partial charge in [0.15, 0.2) is 0 Å². The van der Waals surface area contributed by atoms with Crippen molar-refractivity contribution in [2.24, 2.45) is 0 Å². The molecule has 1 aromatic heterocycles. The Balaban J connectivity index is 2.06. The average Bonchev–Trinajstić information content (AvgIpc) is 2.57. The van der Waals surface area contributed by atoms with Gasteiger partial charge in [-0.25, -0.2) is 4.98 Å². The molecule has 1 aromatic rings. The maximum Gasteiger partial charge on any atom is 0.236 e. The molecule has 0 atom stereocenters. The molecule has 0 spiro atoms. The Morgan fingerprint density at radius 1 is 1.35 bits per heavy atom. The normalized spacial score (nSPS) is 10.9. The molecule has 6 nitrogen and oxygen atoms in total. The van der Waals surface area contributed by atoms with Crippen LogP contribution in [0, 0.1) is 0 Å². The van der Waals surface area contributed by atoms with Crippen molar-refractivity contribution in [1.29, 1.82) is 0 Å². The molecular weight excluding hydrogens is 292 g/mol. The summed E-state index contributed by atoms with van der Waals surface area (Å²) in [6.07, 6.45) is 7.70. The predicted molar refractivity (Wildman–Crippen MR) is 94.4 cm³/mol. The predicted octanol–water partition coefficient (Wildman–Crippen LogP) is 1.61. The molecule has 23 heavy (non-hydrogen) atoms. The molecule has 0 aromatic carbocycles. The Morgan fingerprint density at radius 3 is 2.83 bits per heavy atom. The minimum atomic E-state index is 0.120. The molecule has 0 fully saturated rings. The van der Waals surface area contributed by atoms with Crippen LogP contribution in [0.15, 0.2) is 24.4 Å². The maximum atomic E-state index is 11.5. The summed E-state index contributed by atoms with van der Waals surface area (Å²) < 4.78 is 5.55. The summed E-state index contributed by atoms with van der Waals surface area (Å²) in [6.45, 7) is 2.45. The Kier molecular flexibility index (Phi) is 9.66. The van der Waals surface area contributed by atoms with Gasteiger partial charge in [0.25, 0.3) is 0 Å². The van der Waals surface area contributed by atoms with Crippen LogP contribution in [0.25, 0.3) is 6.08 Å². The van der Waals surface area contributed by atoms with Gasteiger partial charge in [0.1, 0.15) is 5.82 Å². The number of amides is 1. The number of unbranched alkanes of at least 4 members (excludes halogenated alkanes) is 1. The third-order valence-electron chi connectivity index (χ3n) is 3.35. The van der Waals surface area contributed by atoms with E-state index in [0.717, 1.165) is 30.8 Å². The number of aromatic nitrogens is 1. The van der Waals surface area contributed by atoms with E-state index in [4.69, 9.17) is 4.74 Å². The van der Waals surface area contributed by atoms with Crippen LogP contribution in [0.2, 0.25) is 0 Å². The number of hydrogen-bond acceptors (Lipinski definition) is 5. The third-order valence-corrected chi connectivity index (χ3v) is 3.35. The van der Waals surface area contributed by atoms with E-state index in [1.54, 1.807) is 11.9 Å². The smallest absolute Gasteiger partial charge is 0.236 e. The summed E-state index contributed by atoms with van der Waals surface area (Å²) >= 11 is 0. The first-order valence-corrected chi connectivity index (χ1v) is 7.94. The average molecular weight is 320 g/mol. The fraction of sp³-hybridized carbons (Fsp3) is 0.529. The number of ether oxygens (including phenoxy) is 1. The van der Waals surface area contributed by atoms with Crippen LogP contribution in [0.4, 0.5) is 5.82 Å². The van der Waals surface area contributed by atoms with Crippen molar-refractivity contribution in [1.82, 2.24) is 15.2 Å². The van der Waals surface area contributed by atoms with E-state index in [1.165, 1.54) is 0 Å². The van der Waals surface area contributed by atoms with E-state index in [2.05, 4.69) is 15.6 Å². The molecule has 0 radical (unpaired) electrons. The molecule has 128 valence electrons. The van der Waals surface area contributed by atoms with Crippen molar-refractivity contribution < 1.29 is 9.53 Å². The van der Waals surface area contributed by atoms with Crippen LogP contribution in [-0.2, 0) is 9.53 Å². The molecule has 1 rings (SSSR count). The summed E-state index contributed by atoms with van der Waals surface area (Å²) in [5.74, 6) is 0.978. The lowest BCUT2D eigenvalue weighted by atomic mass is 10.2. The monoisotopic (exact) mass is 320 g/mol. The van der Waals surface area contributed by atoms with E-state index in [9.17, 15) is 4.79 Å². The van der Waals surface area contributed by atoms with E-state index in [1.807, 2.05) is 44.6 Å². The largest absolute Gasteiger partial charge is 0.377 e. The molecule has 0 saturated carbocycles. The van der Waals surface area contributed by atoms with Crippen LogP contribution in [-0.4, -0.2) is 63.2 Å². The highest BCUT2D eigenvalue weighted by Gasteiger charge is 2.05. The Morgan fingerprint density at radius 2 is 2.17 bits per heavy atom. The first-order valence-electron chi connectivity index (χ1n) is 7.94. The number of carbonyl (C=O) groups is 1. The number of rotatable bonds is 11. The number of nitrogens with one attached hydrogen (secondary N) is 2. The van der Waals surface area contributed by atoms with Crippen molar-refractivity contribution in [2.45, 2.75) is 12.8 Å². The standard InChI is InChI=1S/C17H28N4O2/c1-18-14-17(22)21(3)10-4-5-11-23-12-6-7-15-8-9-16(19-2)20-13-15/h6-9,13,18H,4-5,10-12,14H2,1-3H3,(H,19,20)/b7-6+. The zero-order chi connectivity index (χ0) is 16.9. The molecule has 2 N–H and O–H groups in total. The lowest BCUT2D eigenvalue weighted by molar-refractivity contribution is -0.128. The molecule has 1 amide bonds. The van der Waals surface area contributed by atoms with Crippen LogP contribution in [0.5, 0.6) is 0 Å². The van der Waals surface area contributed by atoms with Gasteiger partial charge in [-0.05, 0) is 37.6 Å². The van der Waals surface area contributed by atoms with Crippen molar-refractivity contribution in [3.8, 4) is 0 Å². The van der Waals surface area contributed by atoms with Gasteiger partial charge in [-0.15, -0.1) is 0 Å². The Labute approximate surface area is 138 Å². The van der Waals surface area contributed by atoms with Crippen molar-refractivity contribution >= 4 is 17.8 Å². The van der Waals surface area contributed by atoms with Crippen LogP contribution >= 0.6 is 0 Å². The quantitative estimate of drug-likeness (QED) is 0.606. The van der Waals surface area contributed by atoms with Gasteiger partial charge < -0.3 is 20.3 Å². The fourth-order valence-corrected chi connectivity index (χ4v) is 1.95. The van der Waals surface area contributed by atoms with Gasteiger partial charge in [0, 0.05) is 33.4 Å². The second kappa shape index (κ2) is 11.6. The van der Waals surface area contributed by atoms with E-state index >= 15 is 0 Å². The van der Waals surface area contributed by atoms with Gasteiger partial charge in [-0.2, -0.15) is 0 Å². The number of hydrogen-bond donors (Lipinski definition) is 2. The molecule has 0 saturated heterocycles. The van der Waals surface area contributed by atoms with E-state index < -0.39 is 0 Å². The number of nitrogens with zero attached hydrogens (tertiary/aromatic N) is 2. The van der Waals surface area contributed by atoms with Crippen LogP contribution in [0.3, 0.4) is 0 Å². The maximum absolute atomic E-state index is 11.5. The first kappa shape index (κ1) is 19.1. The number of likely N-dealkylation sites (N-methyl/N-ethyl adjacent to an activating group) is 2. The second-order valence-electron chi connectivity index (χ2n) is 5.26. The lowest BCUT2D eigenvalue weighted by Crippen LogP contribution is -2.34. The topological polar surface area (TPSA) is 66.5 Å². The summed E-state index contributed by atoms with van der Waals surface area (Å²) in [6, 6.07) is 3.94. The summed E-state index contributed by atoms with van der Waals surface area (Å²) in [4.78, 5) is 17.5. The minimum absolute atomic E-state index is 0.120. The number of anilines is 1. The third kappa shape index (κ3) is 8.32. The summed E-state index contributed by atoms with van der Waals surface area (Å²) in [5.41, 5.74) is 1.05. The SMILES string of the molecule is CNCC(=O)N(C)CCCCOC/C=C/c1ccc(NC)nc1.